The second kappa shape index (κ2) is 6.91. The Kier molecular flexibility index (Phi) is 4.24. The van der Waals surface area contributed by atoms with E-state index < -0.39 is 0 Å². The van der Waals surface area contributed by atoms with Crippen molar-refractivity contribution in [2.24, 2.45) is 0 Å². The highest BCUT2D eigenvalue weighted by Gasteiger charge is 2.36. The molecule has 0 radical (unpaired) electrons. The van der Waals surface area contributed by atoms with Gasteiger partial charge in [0.15, 0.2) is 0 Å². The first-order chi connectivity index (χ1) is 13.7. The largest absolute Gasteiger partial charge is 0.383 e. The number of ether oxygens (including phenoxy) is 1. The summed E-state index contributed by atoms with van der Waals surface area (Å²) in [4.78, 5) is 15.8. The van der Waals surface area contributed by atoms with E-state index in [9.17, 15) is 5.26 Å². The van der Waals surface area contributed by atoms with Gasteiger partial charge in [-0.15, -0.1) is 0 Å². The van der Waals surface area contributed by atoms with Crippen molar-refractivity contribution in [3.05, 3.63) is 23.7 Å². The topological polar surface area (TPSA) is 113 Å². The number of piperidine rings is 1. The highest BCUT2D eigenvalue weighted by molar-refractivity contribution is 5.88. The van der Waals surface area contributed by atoms with Gasteiger partial charge >= 0.3 is 0 Å². The molecule has 0 aromatic carbocycles. The molecule has 0 amide bonds. The van der Waals surface area contributed by atoms with Gasteiger partial charge in [0, 0.05) is 55.7 Å². The predicted octanol–water partition coefficient (Wildman–Crippen LogP) is 2.28. The molecule has 8 heteroatoms. The summed E-state index contributed by atoms with van der Waals surface area (Å²) in [5.41, 5.74) is 10.2. The lowest BCUT2D eigenvalue weighted by molar-refractivity contribution is 0.120. The van der Waals surface area contributed by atoms with Crippen LogP contribution in [0.4, 0.5) is 17.5 Å². The fraction of sp³-hybridized carbons (Fsp3) is 0.500. The Labute approximate surface area is 163 Å². The minimum absolute atomic E-state index is 0.226. The maximum absolute atomic E-state index is 9.74. The van der Waals surface area contributed by atoms with Crippen LogP contribution in [0.3, 0.4) is 0 Å². The van der Waals surface area contributed by atoms with E-state index in [1.165, 1.54) is 0 Å². The molecule has 1 atom stereocenters. The van der Waals surface area contributed by atoms with Gasteiger partial charge in [-0.1, -0.05) is 0 Å². The molecule has 4 aliphatic heterocycles. The van der Waals surface area contributed by atoms with Gasteiger partial charge in [0.25, 0.3) is 0 Å². The highest BCUT2D eigenvalue weighted by atomic mass is 16.5. The summed E-state index contributed by atoms with van der Waals surface area (Å²) in [6.45, 7) is 3.51. The van der Waals surface area contributed by atoms with Crippen molar-refractivity contribution in [2.75, 3.05) is 42.2 Å². The average molecular weight is 377 g/mol. The van der Waals surface area contributed by atoms with Crippen molar-refractivity contribution in [1.29, 1.82) is 5.26 Å². The van der Waals surface area contributed by atoms with Crippen LogP contribution in [-0.4, -0.2) is 47.3 Å². The van der Waals surface area contributed by atoms with Crippen LogP contribution in [0.1, 0.15) is 42.9 Å². The summed E-state index contributed by atoms with van der Waals surface area (Å²) >= 11 is 0. The fourth-order valence-corrected chi connectivity index (χ4v) is 4.55. The molecule has 2 aromatic heterocycles. The molecule has 4 aliphatic rings. The number of anilines is 3. The number of aromatic nitrogens is 3. The number of nitrogens with zero attached hydrogens (tertiary/aromatic N) is 5. The van der Waals surface area contributed by atoms with Crippen molar-refractivity contribution in [1.82, 2.24) is 15.0 Å². The molecule has 0 spiro atoms. The third-order valence-electron chi connectivity index (χ3n) is 5.99. The molecule has 3 N–H and O–H groups in total. The van der Waals surface area contributed by atoms with Gasteiger partial charge in [0.2, 0.25) is 5.95 Å². The van der Waals surface area contributed by atoms with E-state index in [1.807, 2.05) is 0 Å². The van der Waals surface area contributed by atoms with Gasteiger partial charge in [0.1, 0.15) is 17.5 Å². The van der Waals surface area contributed by atoms with E-state index in [0.29, 0.717) is 29.8 Å². The average Bonchev–Trinajstić information content (AvgIpc) is 3.26. The van der Waals surface area contributed by atoms with Crippen LogP contribution in [0.15, 0.2) is 12.4 Å². The highest BCUT2D eigenvalue weighted by Crippen LogP contribution is 2.48. The van der Waals surface area contributed by atoms with Crippen molar-refractivity contribution >= 4 is 17.5 Å². The Morgan fingerprint density at radius 2 is 2.04 bits per heavy atom. The predicted molar refractivity (Wildman–Crippen MR) is 106 cm³/mol. The van der Waals surface area contributed by atoms with Gasteiger partial charge in [-0.2, -0.15) is 5.26 Å². The summed E-state index contributed by atoms with van der Waals surface area (Å²) in [7, 11) is 0. The molecule has 144 valence electrons. The third kappa shape index (κ3) is 2.83. The number of nitriles is 1. The molecule has 2 saturated heterocycles. The monoisotopic (exact) mass is 377 g/mol. The molecular formula is C20H23N7O. The molecule has 2 bridgehead atoms. The van der Waals surface area contributed by atoms with Crippen molar-refractivity contribution in [2.45, 2.75) is 37.7 Å². The Morgan fingerprint density at radius 1 is 1.25 bits per heavy atom. The van der Waals surface area contributed by atoms with Gasteiger partial charge in [-0.25, -0.2) is 15.0 Å². The zero-order chi connectivity index (χ0) is 19.1. The molecule has 6 rings (SSSR count). The Hall–Kier alpha value is -2.92. The number of pyridine rings is 1. The zero-order valence-corrected chi connectivity index (χ0v) is 15.7. The minimum atomic E-state index is 0.226. The molecule has 28 heavy (non-hydrogen) atoms. The maximum atomic E-state index is 9.74. The van der Waals surface area contributed by atoms with Crippen LogP contribution in [0.5, 0.6) is 0 Å². The van der Waals surface area contributed by atoms with Gasteiger partial charge in [0.05, 0.1) is 17.5 Å². The van der Waals surface area contributed by atoms with Crippen LogP contribution < -0.4 is 16.0 Å². The first-order valence-corrected chi connectivity index (χ1v) is 9.91. The number of rotatable bonds is 4. The number of nitrogens with one attached hydrogen (secondary N) is 1. The van der Waals surface area contributed by atoms with E-state index in [4.69, 9.17) is 10.5 Å². The van der Waals surface area contributed by atoms with E-state index in [0.717, 1.165) is 67.9 Å². The molecule has 2 aromatic rings. The minimum Gasteiger partial charge on any atom is -0.383 e. The summed E-state index contributed by atoms with van der Waals surface area (Å²) in [6.07, 6.45) is 8.11. The van der Waals surface area contributed by atoms with Crippen LogP contribution in [0.2, 0.25) is 0 Å². The smallest absolute Gasteiger partial charge is 0.222 e. The van der Waals surface area contributed by atoms with Crippen LogP contribution in [-0.2, 0) is 4.74 Å². The summed E-state index contributed by atoms with van der Waals surface area (Å²) < 4.78 is 5.62. The number of fused-ring (bicyclic) bond motifs is 2. The maximum Gasteiger partial charge on any atom is 0.222 e. The van der Waals surface area contributed by atoms with Crippen molar-refractivity contribution in [3.8, 4) is 17.2 Å². The summed E-state index contributed by atoms with van der Waals surface area (Å²) in [5, 5.41) is 13.0. The quantitative estimate of drug-likeness (QED) is 0.834. The SMILES string of the molecule is N#Cc1c(N)nc2c(c1-c1cnc(NC[C@H]3CCCO3)nc1)N1CCC2CC1. The second-order valence-corrected chi connectivity index (χ2v) is 7.67. The molecule has 0 unspecified atom stereocenters. The van der Waals surface area contributed by atoms with Crippen LogP contribution in [0.25, 0.3) is 11.1 Å². The van der Waals surface area contributed by atoms with Gasteiger partial charge in [-0.3, -0.25) is 0 Å². The lowest BCUT2D eigenvalue weighted by atomic mass is 9.83. The molecule has 2 fully saturated rings. The van der Waals surface area contributed by atoms with Crippen molar-refractivity contribution in [3.63, 3.8) is 0 Å². The van der Waals surface area contributed by atoms with Gasteiger partial charge in [-0.05, 0) is 25.7 Å². The van der Waals surface area contributed by atoms with Crippen LogP contribution in [0, 0.1) is 11.3 Å². The standard InChI is InChI=1S/C20H23N7O/c21-8-15-16(18-17(26-19(15)22)12-3-5-27(18)6-4-12)13-9-23-20(24-10-13)25-11-14-2-1-7-28-14/h9-10,12,14H,1-7,11H2,(H2,22,26)(H,23,24,25)/t14-/m1/s1. The number of nitrogen functional groups attached to an aromatic ring is 1. The Bertz CT molecular complexity index is 923. The molecule has 0 aliphatic carbocycles. The summed E-state index contributed by atoms with van der Waals surface area (Å²) in [5.74, 6) is 1.28. The second-order valence-electron chi connectivity index (χ2n) is 7.67. The lowest BCUT2D eigenvalue weighted by Crippen LogP contribution is -2.40. The van der Waals surface area contributed by atoms with Crippen LogP contribution >= 0.6 is 0 Å². The third-order valence-corrected chi connectivity index (χ3v) is 5.99. The van der Waals surface area contributed by atoms with E-state index in [1.54, 1.807) is 12.4 Å². The number of nitrogens with two attached hydrogens (primary N) is 1. The van der Waals surface area contributed by atoms with Gasteiger partial charge < -0.3 is 20.7 Å². The number of hydrogen-bond donors (Lipinski definition) is 2. The first-order valence-electron chi connectivity index (χ1n) is 9.91. The normalized spacial score (nSPS) is 20.8. The fourth-order valence-electron chi connectivity index (χ4n) is 4.55. The van der Waals surface area contributed by atoms with E-state index >= 15 is 0 Å². The Morgan fingerprint density at radius 3 is 2.71 bits per heavy atom. The molecule has 0 saturated carbocycles. The van der Waals surface area contributed by atoms with E-state index in [2.05, 4.69) is 31.2 Å². The summed E-state index contributed by atoms with van der Waals surface area (Å²) in [6, 6.07) is 2.25. The Balaban J connectivity index is 1.49. The molecule has 8 nitrogen and oxygen atoms in total. The molecular weight excluding hydrogens is 354 g/mol. The first kappa shape index (κ1) is 17.2. The zero-order valence-electron chi connectivity index (χ0n) is 15.7. The van der Waals surface area contributed by atoms with Crippen molar-refractivity contribution < 1.29 is 4.74 Å². The lowest BCUT2D eigenvalue weighted by Gasteiger charge is -2.42. The number of hydrogen-bond acceptors (Lipinski definition) is 8. The van der Waals surface area contributed by atoms with E-state index in [-0.39, 0.29) is 6.10 Å². The molecule has 6 heterocycles.